The van der Waals surface area contributed by atoms with E-state index < -0.39 is 5.41 Å². The number of pyridine rings is 2. The molecule has 0 aliphatic heterocycles. The van der Waals surface area contributed by atoms with Crippen LogP contribution in [0.2, 0.25) is 0 Å². The Kier molecular flexibility index (Phi) is 8.06. The van der Waals surface area contributed by atoms with Gasteiger partial charge in [-0.3, -0.25) is 4.98 Å². The van der Waals surface area contributed by atoms with E-state index in [0.29, 0.717) is 5.56 Å². The third-order valence-electron chi connectivity index (χ3n) is 12.2. The molecule has 0 radical (unpaired) electrons. The fourth-order valence-corrected chi connectivity index (χ4v) is 8.67. The molecule has 0 spiro atoms. The van der Waals surface area contributed by atoms with Gasteiger partial charge in [0.05, 0.1) is 22.3 Å². The number of nitrogens with zero attached hydrogens (tertiary/aromatic N) is 2. The molecular formula is C52H46N2O. The Morgan fingerprint density at radius 2 is 1.22 bits per heavy atom. The normalized spacial score (nSPS) is 13.6. The molecule has 2 heterocycles. The smallest absolute Gasteiger partial charge is 0.124 e. The first-order valence-corrected chi connectivity index (χ1v) is 19.4. The molecule has 270 valence electrons. The fraction of sp³-hybridized carbons (Fsp3) is 0.192. The van der Waals surface area contributed by atoms with Crippen LogP contribution in [0.4, 0.5) is 0 Å². The van der Waals surface area contributed by atoms with Gasteiger partial charge in [0.25, 0.3) is 0 Å². The van der Waals surface area contributed by atoms with Crippen LogP contribution < -0.4 is 0 Å². The number of benzene rings is 6. The van der Waals surface area contributed by atoms with Gasteiger partial charge in [-0.05, 0) is 109 Å². The maximum atomic E-state index is 11.2. The molecule has 8 aromatic rings. The first-order chi connectivity index (χ1) is 26.5. The predicted octanol–water partition coefficient (Wildman–Crippen LogP) is 13.2. The van der Waals surface area contributed by atoms with E-state index in [1.54, 1.807) is 6.07 Å². The lowest BCUT2D eigenvalue weighted by molar-refractivity contribution is 0.477. The van der Waals surface area contributed by atoms with Crippen molar-refractivity contribution in [3.05, 3.63) is 185 Å². The van der Waals surface area contributed by atoms with Gasteiger partial charge in [0.2, 0.25) is 0 Å². The average molecular weight is 715 g/mol. The minimum Gasteiger partial charge on any atom is -0.507 e. The van der Waals surface area contributed by atoms with E-state index in [0.717, 1.165) is 56.2 Å². The summed E-state index contributed by atoms with van der Waals surface area (Å²) < 4.78 is 0. The highest BCUT2D eigenvalue weighted by molar-refractivity contribution is 6.11. The van der Waals surface area contributed by atoms with Crippen molar-refractivity contribution in [2.75, 3.05) is 0 Å². The van der Waals surface area contributed by atoms with Gasteiger partial charge in [0, 0.05) is 22.5 Å². The van der Waals surface area contributed by atoms with Crippen LogP contribution in [0.5, 0.6) is 5.75 Å². The molecule has 0 saturated heterocycles. The number of aromatic nitrogens is 2. The van der Waals surface area contributed by atoms with Crippen LogP contribution in [0.3, 0.4) is 0 Å². The molecule has 0 saturated carbocycles. The molecule has 3 heteroatoms. The molecule has 0 atom stereocenters. The molecule has 1 aliphatic rings. The largest absolute Gasteiger partial charge is 0.507 e. The van der Waals surface area contributed by atoms with E-state index in [-0.39, 0.29) is 16.6 Å². The summed E-state index contributed by atoms with van der Waals surface area (Å²) in [6.07, 6.45) is 2.93. The molecule has 9 rings (SSSR count). The van der Waals surface area contributed by atoms with Gasteiger partial charge in [-0.25, -0.2) is 4.98 Å². The summed E-state index contributed by atoms with van der Waals surface area (Å²) in [6.45, 7) is 13.8. The lowest BCUT2D eigenvalue weighted by Crippen LogP contribution is -2.29. The van der Waals surface area contributed by atoms with Crippen molar-refractivity contribution in [1.82, 2.24) is 9.97 Å². The monoisotopic (exact) mass is 714 g/mol. The highest BCUT2D eigenvalue weighted by Crippen LogP contribution is 2.56. The summed E-state index contributed by atoms with van der Waals surface area (Å²) in [5, 5.41) is 14.5. The Bertz CT molecular complexity index is 2730. The Hall–Kier alpha value is -6.06. The van der Waals surface area contributed by atoms with Crippen molar-refractivity contribution < 1.29 is 5.11 Å². The number of aromatic hydroxyl groups is 1. The highest BCUT2D eigenvalue weighted by Gasteiger charge is 2.47. The van der Waals surface area contributed by atoms with Crippen molar-refractivity contribution >= 4 is 21.7 Å². The summed E-state index contributed by atoms with van der Waals surface area (Å²) in [4.78, 5) is 10.5. The number of phenols is 1. The number of rotatable bonds is 6. The molecule has 55 heavy (non-hydrogen) atoms. The maximum absolute atomic E-state index is 11.2. The number of phenolic OH excluding ortho intramolecular Hbond substituents is 1. The Morgan fingerprint density at radius 3 is 1.87 bits per heavy atom. The van der Waals surface area contributed by atoms with Crippen LogP contribution in [-0.2, 0) is 16.2 Å². The second kappa shape index (κ2) is 12.8. The lowest BCUT2D eigenvalue weighted by atomic mass is 9.69. The molecule has 3 nitrogen and oxygen atoms in total. The van der Waals surface area contributed by atoms with E-state index in [1.165, 1.54) is 33.4 Å². The molecule has 1 aliphatic carbocycles. The number of hydrogen-bond donors (Lipinski definition) is 1. The third-order valence-corrected chi connectivity index (χ3v) is 12.2. The zero-order chi connectivity index (χ0) is 38.1. The van der Waals surface area contributed by atoms with Crippen LogP contribution in [0.15, 0.2) is 152 Å². The second-order valence-electron chi connectivity index (χ2n) is 16.8. The van der Waals surface area contributed by atoms with E-state index >= 15 is 0 Å². The van der Waals surface area contributed by atoms with Gasteiger partial charge in [0.15, 0.2) is 0 Å². The Labute approximate surface area is 324 Å². The third kappa shape index (κ3) is 5.48. The van der Waals surface area contributed by atoms with Crippen LogP contribution in [0, 0.1) is 0 Å². The van der Waals surface area contributed by atoms with E-state index in [2.05, 4.69) is 157 Å². The molecule has 0 bridgehead atoms. The second-order valence-corrected chi connectivity index (χ2v) is 16.8. The minimum atomic E-state index is -0.634. The number of fused-ring (bicyclic) bond motifs is 6. The van der Waals surface area contributed by atoms with Crippen molar-refractivity contribution in [3.8, 4) is 39.3 Å². The zero-order valence-electron chi connectivity index (χ0n) is 32.5. The van der Waals surface area contributed by atoms with Crippen LogP contribution >= 0.6 is 0 Å². The molecule has 0 unspecified atom stereocenters. The standard InChI is InChI=1S/C52H46N2O/c1-7-51(5,6)37-29-34(28-36(30-37)50(2,3)4)42-32-46(41-18-10-13-21-47(41)55)54-49-40(42)26-24-33-23-25-35(31-43(33)49)52(48-22-14-15-27-53-48)44-19-11-8-16-38(44)39-17-9-12-20-45(39)52/h8-32,55H,7H2,1-6H3. The maximum Gasteiger partial charge on any atom is 0.124 e. The van der Waals surface area contributed by atoms with E-state index in [4.69, 9.17) is 9.97 Å². The summed E-state index contributed by atoms with van der Waals surface area (Å²) in [5.41, 5.74) is 13.6. The van der Waals surface area contributed by atoms with Crippen LogP contribution in [-0.4, -0.2) is 15.1 Å². The molecular weight excluding hydrogens is 669 g/mol. The van der Waals surface area contributed by atoms with Crippen LogP contribution in [0.1, 0.15) is 81.5 Å². The Morgan fingerprint density at radius 1 is 0.582 bits per heavy atom. The predicted molar refractivity (Wildman–Crippen MR) is 229 cm³/mol. The van der Waals surface area contributed by atoms with E-state index in [1.807, 2.05) is 30.5 Å². The Balaban J connectivity index is 1.40. The molecule has 1 N–H and O–H groups in total. The van der Waals surface area contributed by atoms with Crippen molar-refractivity contribution in [3.63, 3.8) is 0 Å². The summed E-state index contributed by atoms with van der Waals surface area (Å²) in [7, 11) is 0. The molecule has 6 aromatic carbocycles. The molecule has 0 amide bonds. The van der Waals surface area contributed by atoms with Gasteiger partial charge in [-0.15, -0.1) is 0 Å². The van der Waals surface area contributed by atoms with Gasteiger partial charge in [0.1, 0.15) is 5.75 Å². The average Bonchev–Trinajstić information content (AvgIpc) is 3.51. The van der Waals surface area contributed by atoms with Crippen molar-refractivity contribution in [2.45, 2.75) is 64.2 Å². The minimum absolute atomic E-state index is 0.00533. The SMILES string of the molecule is CCC(C)(C)c1cc(-c2cc(-c3ccccc3O)nc3c2ccc2ccc(C4(c5ccccn5)c5ccccc5-c5ccccc54)cc23)cc(C(C)(C)C)c1. The van der Waals surface area contributed by atoms with Gasteiger partial charge >= 0.3 is 0 Å². The fourth-order valence-electron chi connectivity index (χ4n) is 8.67. The van der Waals surface area contributed by atoms with Crippen molar-refractivity contribution in [1.29, 1.82) is 0 Å². The lowest BCUT2D eigenvalue weighted by Gasteiger charge is -2.33. The van der Waals surface area contributed by atoms with Gasteiger partial charge in [-0.2, -0.15) is 0 Å². The summed E-state index contributed by atoms with van der Waals surface area (Å²) >= 11 is 0. The quantitative estimate of drug-likeness (QED) is 0.174. The summed E-state index contributed by atoms with van der Waals surface area (Å²) in [5.74, 6) is 0.214. The number of para-hydroxylation sites is 1. The van der Waals surface area contributed by atoms with Crippen LogP contribution in [0.25, 0.3) is 55.2 Å². The first kappa shape index (κ1) is 34.7. The zero-order valence-corrected chi connectivity index (χ0v) is 32.5. The highest BCUT2D eigenvalue weighted by atomic mass is 16.3. The first-order valence-electron chi connectivity index (χ1n) is 19.4. The van der Waals surface area contributed by atoms with Gasteiger partial charge < -0.3 is 5.11 Å². The molecule has 2 aromatic heterocycles. The topological polar surface area (TPSA) is 46.0 Å². The van der Waals surface area contributed by atoms with Gasteiger partial charge in [-0.1, -0.05) is 151 Å². The molecule has 0 fully saturated rings. The van der Waals surface area contributed by atoms with Crippen molar-refractivity contribution in [2.24, 2.45) is 0 Å². The summed E-state index contributed by atoms with van der Waals surface area (Å²) in [6, 6.07) is 52.0. The van der Waals surface area contributed by atoms with E-state index in [9.17, 15) is 5.11 Å². The number of hydrogen-bond acceptors (Lipinski definition) is 3.